The van der Waals surface area contributed by atoms with Crippen LogP contribution in [0.1, 0.15) is 91.4 Å². The van der Waals surface area contributed by atoms with Crippen LogP contribution in [0.5, 0.6) is 0 Å². The van der Waals surface area contributed by atoms with E-state index in [1.807, 2.05) is 0 Å². The molecule has 0 aliphatic carbocycles. The standard InChI is InChI=1S/C15H32/c1-4-6-7-8-9-10-11-12-14-15(3)13-5-2/h15H,4-14H2,1-3H3. The third-order valence-electron chi connectivity index (χ3n) is 3.33. The average Bonchev–Trinajstić information content (AvgIpc) is 2.22. The summed E-state index contributed by atoms with van der Waals surface area (Å²) in [7, 11) is 0. The van der Waals surface area contributed by atoms with Crippen LogP contribution in [0.3, 0.4) is 0 Å². The highest BCUT2D eigenvalue weighted by atomic mass is 14.1. The van der Waals surface area contributed by atoms with Crippen molar-refractivity contribution in [1.29, 1.82) is 0 Å². The van der Waals surface area contributed by atoms with Gasteiger partial charge in [0, 0.05) is 0 Å². The number of hydrogen-bond donors (Lipinski definition) is 0. The Morgan fingerprint density at radius 1 is 0.600 bits per heavy atom. The first kappa shape index (κ1) is 15.0. The maximum Gasteiger partial charge on any atom is -0.0443 e. The van der Waals surface area contributed by atoms with Gasteiger partial charge in [-0.15, -0.1) is 0 Å². The van der Waals surface area contributed by atoms with Crippen LogP contribution in [0.25, 0.3) is 0 Å². The minimum absolute atomic E-state index is 0.968. The van der Waals surface area contributed by atoms with Gasteiger partial charge in [-0.25, -0.2) is 0 Å². The minimum Gasteiger partial charge on any atom is -0.0654 e. The summed E-state index contributed by atoms with van der Waals surface area (Å²) < 4.78 is 0. The number of unbranched alkanes of at least 4 members (excludes halogenated alkanes) is 7. The molecule has 15 heavy (non-hydrogen) atoms. The predicted molar refractivity (Wildman–Crippen MR) is 71.3 cm³/mol. The monoisotopic (exact) mass is 212 g/mol. The van der Waals surface area contributed by atoms with Gasteiger partial charge in [0.25, 0.3) is 0 Å². The van der Waals surface area contributed by atoms with Gasteiger partial charge in [-0.1, -0.05) is 91.4 Å². The molecule has 0 fully saturated rings. The first-order valence-corrected chi connectivity index (χ1v) is 7.31. The molecule has 0 saturated carbocycles. The highest BCUT2D eigenvalue weighted by Gasteiger charge is 1.99. The summed E-state index contributed by atoms with van der Waals surface area (Å²) in [6, 6.07) is 0. The summed E-state index contributed by atoms with van der Waals surface area (Å²) in [6.07, 6.45) is 15.9. The molecule has 0 saturated heterocycles. The van der Waals surface area contributed by atoms with Crippen LogP contribution in [0.4, 0.5) is 0 Å². The Balaban J connectivity index is 2.98. The quantitative estimate of drug-likeness (QED) is 0.371. The molecule has 0 aromatic heterocycles. The molecule has 0 amide bonds. The van der Waals surface area contributed by atoms with Gasteiger partial charge in [0.15, 0.2) is 0 Å². The molecule has 0 rings (SSSR count). The molecule has 0 spiro atoms. The van der Waals surface area contributed by atoms with Gasteiger partial charge in [0.1, 0.15) is 0 Å². The zero-order valence-electron chi connectivity index (χ0n) is 11.4. The van der Waals surface area contributed by atoms with Gasteiger partial charge in [0.2, 0.25) is 0 Å². The van der Waals surface area contributed by atoms with Gasteiger partial charge in [-0.3, -0.25) is 0 Å². The molecule has 0 heteroatoms. The van der Waals surface area contributed by atoms with E-state index in [1.54, 1.807) is 0 Å². The third kappa shape index (κ3) is 11.9. The molecule has 1 atom stereocenters. The summed E-state index contributed by atoms with van der Waals surface area (Å²) in [5.41, 5.74) is 0. The molecular weight excluding hydrogens is 180 g/mol. The smallest absolute Gasteiger partial charge is 0.0443 e. The summed E-state index contributed by atoms with van der Waals surface area (Å²) in [6.45, 7) is 6.99. The van der Waals surface area contributed by atoms with Crippen molar-refractivity contribution < 1.29 is 0 Å². The Hall–Kier alpha value is 0. The lowest BCUT2D eigenvalue weighted by Gasteiger charge is -2.09. The molecule has 0 aliphatic heterocycles. The fourth-order valence-corrected chi connectivity index (χ4v) is 2.26. The highest BCUT2D eigenvalue weighted by Crippen LogP contribution is 2.16. The van der Waals surface area contributed by atoms with Gasteiger partial charge >= 0.3 is 0 Å². The van der Waals surface area contributed by atoms with Crippen molar-refractivity contribution in [1.82, 2.24) is 0 Å². The lowest BCUT2D eigenvalue weighted by Crippen LogP contribution is -1.93. The van der Waals surface area contributed by atoms with Crippen LogP contribution < -0.4 is 0 Å². The van der Waals surface area contributed by atoms with E-state index in [0.29, 0.717) is 0 Å². The van der Waals surface area contributed by atoms with E-state index in [1.165, 1.54) is 70.6 Å². The van der Waals surface area contributed by atoms with Crippen molar-refractivity contribution in [2.45, 2.75) is 91.4 Å². The second-order valence-electron chi connectivity index (χ2n) is 5.16. The van der Waals surface area contributed by atoms with Crippen LogP contribution in [-0.4, -0.2) is 0 Å². The maximum atomic E-state index is 2.41. The van der Waals surface area contributed by atoms with Crippen molar-refractivity contribution in [3.05, 3.63) is 0 Å². The molecule has 0 aromatic rings. The summed E-state index contributed by atoms with van der Waals surface area (Å²) in [5.74, 6) is 0.968. The zero-order valence-corrected chi connectivity index (χ0v) is 11.4. The predicted octanol–water partition coefficient (Wildman–Crippen LogP) is 5.95. The van der Waals surface area contributed by atoms with Gasteiger partial charge < -0.3 is 0 Å². The molecule has 0 bridgehead atoms. The first-order valence-electron chi connectivity index (χ1n) is 7.31. The number of rotatable bonds is 11. The molecule has 0 nitrogen and oxygen atoms in total. The Labute approximate surface area is 97.8 Å². The van der Waals surface area contributed by atoms with E-state index in [0.717, 1.165) is 5.92 Å². The molecule has 0 N–H and O–H groups in total. The van der Waals surface area contributed by atoms with E-state index in [4.69, 9.17) is 0 Å². The van der Waals surface area contributed by atoms with Crippen molar-refractivity contribution in [3.8, 4) is 0 Å². The lowest BCUT2D eigenvalue weighted by molar-refractivity contribution is 0.450. The van der Waals surface area contributed by atoms with E-state index >= 15 is 0 Å². The van der Waals surface area contributed by atoms with Gasteiger partial charge in [0.05, 0.1) is 0 Å². The zero-order chi connectivity index (χ0) is 11.4. The van der Waals surface area contributed by atoms with Crippen molar-refractivity contribution in [2.75, 3.05) is 0 Å². The van der Waals surface area contributed by atoms with Crippen molar-refractivity contribution in [2.24, 2.45) is 5.92 Å². The Bertz CT molecular complexity index is 107. The van der Waals surface area contributed by atoms with E-state index < -0.39 is 0 Å². The van der Waals surface area contributed by atoms with Gasteiger partial charge in [-0.05, 0) is 5.92 Å². The Kier molecular flexibility index (Phi) is 12.1. The van der Waals surface area contributed by atoms with E-state index in [2.05, 4.69) is 20.8 Å². The summed E-state index contributed by atoms with van der Waals surface area (Å²) in [5, 5.41) is 0. The minimum atomic E-state index is 0.968. The highest BCUT2D eigenvalue weighted by molar-refractivity contribution is 4.53. The molecule has 0 aliphatic rings. The maximum absolute atomic E-state index is 2.41. The average molecular weight is 212 g/mol. The van der Waals surface area contributed by atoms with Crippen molar-refractivity contribution >= 4 is 0 Å². The molecule has 0 aromatic carbocycles. The fraction of sp³-hybridized carbons (Fsp3) is 1.00. The van der Waals surface area contributed by atoms with E-state index in [9.17, 15) is 0 Å². The first-order chi connectivity index (χ1) is 7.31. The van der Waals surface area contributed by atoms with Crippen molar-refractivity contribution in [3.63, 3.8) is 0 Å². The fourth-order valence-electron chi connectivity index (χ4n) is 2.26. The summed E-state index contributed by atoms with van der Waals surface area (Å²) >= 11 is 0. The second kappa shape index (κ2) is 12.1. The largest absolute Gasteiger partial charge is 0.0654 e. The molecular formula is C15H32. The van der Waals surface area contributed by atoms with Crippen LogP contribution in [-0.2, 0) is 0 Å². The molecule has 1 unspecified atom stereocenters. The van der Waals surface area contributed by atoms with E-state index in [-0.39, 0.29) is 0 Å². The number of hydrogen-bond acceptors (Lipinski definition) is 0. The molecule has 0 heterocycles. The second-order valence-corrected chi connectivity index (χ2v) is 5.16. The molecule has 92 valence electrons. The molecule has 0 radical (unpaired) electrons. The summed E-state index contributed by atoms with van der Waals surface area (Å²) in [4.78, 5) is 0. The van der Waals surface area contributed by atoms with Crippen LogP contribution in [0.15, 0.2) is 0 Å². The Morgan fingerprint density at radius 2 is 1.13 bits per heavy atom. The lowest BCUT2D eigenvalue weighted by atomic mass is 9.98. The normalized spacial score (nSPS) is 13.0. The van der Waals surface area contributed by atoms with Crippen LogP contribution in [0.2, 0.25) is 0 Å². The Morgan fingerprint density at radius 3 is 1.67 bits per heavy atom. The van der Waals surface area contributed by atoms with Crippen LogP contribution in [0, 0.1) is 5.92 Å². The topological polar surface area (TPSA) is 0 Å². The van der Waals surface area contributed by atoms with Crippen LogP contribution >= 0.6 is 0 Å². The van der Waals surface area contributed by atoms with Gasteiger partial charge in [-0.2, -0.15) is 0 Å². The SMILES string of the molecule is CCCCCCCCCCC(C)CCC. The third-order valence-corrected chi connectivity index (χ3v) is 3.33.